The number of aryl methyl sites for hydroxylation is 1. The van der Waals surface area contributed by atoms with Crippen LogP contribution in [0.15, 0.2) is 53.1 Å². The molecule has 1 aromatic heterocycles. The number of rotatable bonds is 5. The lowest BCUT2D eigenvalue weighted by Crippen LogP contribution is -2.44. The predicted molar refractivity (Wildman–Crippen MR) is 141 cm³/mol. The van der Waals surface area contributed by atoms with E-state index in [1.54, 1.807) is 34.8 Å². The zero-order valence-corrected chi connectivity index (χ0v) is 21.9. The van der Waals surface area contributed by atoms with E-state index in [0.29, 0.717) is 23.1 Å². The summed E-state index contributed by atoms with van der Waals surface area (Å²) < 4.78 is 8.05. The minimum atomic E-state index is -0.296. The summed E-state index contributed by atoms with van der Waals surface area (Å²) in [5.74, 6) is 0.990. The van der Waals surface area contributed by atoms with Crippen LogP contribution in [0.1, 0.15) is 67.9 Å². The second-order valence-corrected chi connectivity index (χ2v) is 11.4. The Bertz CT molecular complexity index is 1160. The van der Waals surface area contributed by atoms with Crippen LogP contribution in [-0.2, 0) is 16.6 Å². The molecule has 35 heavy (non-hydrogen) atoms. The Morgan fingerprint density at radius 3 is 2.60 bits per heavy atom. The largest absolute Gasteiger partial charge is 0.370 e. The Labute approximate surface area is 211 Å². The van der Waals surface area contributed by atoms with E-state index in [2.05, 4.69) is 62.6 Å². The second-order valence-electron chi connectivity index (χ2n) is 10.5. The SMILES string of the molecule is Cn1ccc(C(=O)NCC(=O)NC2=NC(c3cccc(C4CC(C)(C)OC(C)(C)C4)c3)=CSC2)c1. The molecular formula is C27H34N4O3S. The van der Waals surface area contributed by atoms with Crippen LogP contribution in [0.4, 0.5) is 0 Å². The maximum atomic E-state index is 12.4. The molecule has 1 aromatic carbocycles. The van der Waals surface area contributed by atoms with Gasteiger partial charge >= 0.3 is 0 Å². The summed E-state index contributed by atoms with van der Waals surface area (Å²) >= 11 is 1.60. The number of carbonyl (C=O) groups excluding carboxylic acids is 2. The highest BCUT2D eigenvalue weighted by Gasteiger charge is 2.39. The van der Waals surface area contributed by atoms with Gasteiger partial charge in [0.15, 0.2) is 0 Å². The van der Waals surface area contributed by atoms with Gasteiger partial charge in [0.25, 0.3) is 5.91 Å². The molecule has 0 unspecified atom stereocenters. The molecule has 0 bridgehead atoms. The number of aliphatic imine (C=N–C) groups is 1. The summed E-state index contributed by atoms with van der Waals surface area (Å²) in [4.78, 5) is 29.3. The molecule has 2 aromatic rings. The van der Waals surface area contributed by atoms with E-state index >= 15 is 0 Å². The van der Waals surface area contributed by atoms with E-state index in [0.717, 1.165) is 24.1 Å². The Hall–Kier alpha value is -2.84. The highest BCUT2D eigenvalue weighted by Crippen LogP contribution is 2.43. The number of ether oxygens (including phenoxy) is 1. The molecule has 4 rings (SSSR count). The van der Waals surface area contributed by atoms with Gasteiger partial charge in [-0.2, -0.15) is 0 Å². The van der Waals surface area contributed by atoms with Crippen molar-refractivity contribution < 1.29 is 14.3 Å². The number of nitrogens with zero attached hydrogens (tertiary/aromatic N) is 2. The zero-order chi connectivity index (χ0) is 25.2. The number of benzene rings is 1. The summed E-state index contributed by atoms with van der Waals surface area (Å²) in [5.41, 5.74) is 3.32. The van der Waals surface area contributed by atoms with E-state index in [9.17, 15) is 9.59 Å². The fourth-order valence-corrected chi connectivity index (χ4v) is 5.71. The lowest BCUT2D eigenvalue weighted by molar-refractivity contribution is -0.161. The minimum absolute atomic E-state index is 0.110. The Morgan fingerprint density at radius 2 is 1.91 bits per heavy atom. The number of aromatic nitrogens is 1. The fraction of sp³-hybridized carbons (Fsp3) is 0.444. The van der Waals surface area contributed by atoms with Crippen molar-refractivity contribution in [3.8, 4) is 0 Å². The van der Waals surface area contributed by atoms with Crippen LogP contribution < -0.4 is 10.6 Å². The molecule has 186 valence electrons. The summed E-state index contributed by atoms with van der Waals surface area (Å²) in [7, 11) is 1.84. The summed E-state index contributed by atoms with van der Waals surface area (Å²) in [6.07, 6.45) is 5.43. The van der Waals surface area contributed by atoms with Crippen LogP contribution in [0.3, 0.4) is 0 Å². The zero-order valence-electron chi connectivity index (χ0n) is 21.1. The van der Waals surface area contributed by atoms with Gasteiger partial charge in [0, 0.05) is 25.0 Å². The van der Waals surface area contributed by atoms with Crippen molar-refractivity contribution in [2.45, 2.75) is 57.7 Å². The van der Waals surface area contributed by atoms with Crippen molar-refractivity contribution in [1.29, 1.82) is 0 Å². The van der Waals surface area contributed by atoms with Gasteiger partial charge in [-0.15, -0.1) is 11.8 Å². The van der Waals surface area contributed by atoms with Gasteiger partial charge in [0.05, 0.1) is 34.8 Å². The van der Waals surface area contributed by atoms with Crippen LogP contribution in [0.2, 0.25) is 0 Å². The first-order chi connectivity index (χ1) is 16.5. The summed E-state index contributed by atoms with van der Waals surface area (Å²) in [5, 5.41) is 7.53. The van der Waals surface area contributed by atoms with Crippen LogP contribution in [-0.4, -0.2) is 45.7 Å². The summed E-state index contributed by atoms with van der Waals surface area (Å²) in [6.45, 7) is 8.53. The monoisotopic (exact) mass is 494 g/mol. The number of hydrogen-bond acceptors (Lipinski definition) is 5. The van der Waals surface area contributed by atoms with Crippen molar-refractivity contribution in [1.82, 2.24) is 15.2 Å². The third-order valence-electron chi connectivity index (χ3n) is 6.14. The third kappa shape index (κ3) is 6.64. The maximum Gasteiger partial charge on any atom is 0.253 e. The third-order valence-corrected chi connectivity index (χ3v) is 6.97. The number of hydrogen-bond donors (Lipinski definition) is 2. The number of amides is 2. The Morgan fingerprint density at radius 1 is 1.17 bits per heavy atom. The molecule has 0 aliphatic carbocycles. The fourth-order valence-electron chi connectivity index (χ4n) is 4.98. The summed E-state index contributed by atoms with van der Waals surface area (Å²) in [6, 6.07) is 10.2. The molecule has 0 spiro atoms. The van der Waals surface area contributed by atoms with Crippen LogP contribution in [0.5, 0.6) is 0 Å². The van der Waals surface area contributed by atoms with Gasteiger partial charge in [-0.05, 0) is 69.6 Å². The number of nitrogens with one attached hydrogen (secondary N) is 2. The molecule has 8 heteroatoms. The van der Waals surface area contributed by atoms with E-state index in [1.165, 1.54) is 5.56 Å². The molecule has 2 amide bonds. The van der Waals surface area contributed by atoms with Crippen molar-refractivity contribution >= 4 is 35.1 Å². The Balaban J connectivity index is 1.40. The van der Waals surface area contributed by atoms with Crippen molar-refractivity contribution in [3.05, 3.63) is 64.8 Å². The normalized spacial score (nSPS) is 19.5. The average Bonchev–Trinajstić information content (AvgIpc) is 3.22. The van der Waals surface area contributed by atoms with Gasteiger partial charge in [0.1, 0.15) is 5.84 Å². The smallest absolute Gasteiger partial charge is 0.253 e. The van der Waals surface area contributed by atoms with Crippen LogP contribution in [0.25, 0.3) is 5.70 Å². The molecule has 2 aliphatic rings. The molecule has 0 saturated carbocycles. The average molecular weight is 495 g/mol. The van der Waals surface area contributed by atoms with Gasteiger partial charge in [0.2, 0.25) is 5.91 Å². The van der Waals surface area contributed by atoms with E-state index in [4.69, 9.17) is 9.73 Å². The molecule has 0 atom stereocenters. The molecule has 2 aliphatic heterocycles. The van der Waals surface area contributed by atoms with Gasteiger partial charge < -0.3 is 19.9 Å². The maximum absolute atomic E-state index is 12.4. The van der Waals surface area contributed by atoms with E-state index in [-0.39, 0.29) is 29.6 Å². The number of thioether (sulfide) groups is 1. The first-order valence-electron chi connectivity index (χ1n) is 11.9. The highest BCUT2D eigenvalue weighted by molar-refractivity contribution is 8.03. The molecular weight excluding hydrogens is 460 g/mol. The minimum Gasteiger partial charge on any atom is -0.370 e. The quantitative estimate of drug-likeness (QED) is 0.643. The van der Waals surface area contributed by atoms with Crippen molar-refractivity contribution in [2.75, 3.05) is 12.3 Å². The molecule has 7 nitrogen and oxygen atoms in total. The topological polar surface area (TPSA) is 84.7 Å². The lowest BCUT2D eigenvalue weighted by Gasteiger charge is -2.45. The van der Waals surface area contributed by atoms with Gasteiger partial charge in [-0.25, -0.2) is 4.99 Å². The van der Waals surface area contributed by atoms with Gasteiger partial charge in [-0.3, -0.25) is 9.59 Å². The standard InChI is InChI=1S/C27H34N4O3S/c1-26(2)12-21(13-27(3,4)34-26)18-7-6-8-19(11-18)22-16-35-17-23(29-22)30-24(32)14-28-25(33)20-9-10-31(5)15-20/h6-11,15-16,21H,12-14,17H2,1-5H3,(H,28,33)(H,29,30,32). The van der Waals surface area contributed by atoms with Gasteiger partial charge in [-0.1, -0.05) is 18.2 Å². The lowest BCUT2D eigenvalue weighted by atomic mass is 9.77. The Kier molecular flexibility index (Phi) is 7.24. The van der Waals surface area contributed by atoms with Crippen LogP contribution >= 0.6 is 11.8 Å². The van der Waals surface area contributed by atoms with Crippen LogP contribution in [0, 0.1) is 0 Å². The molecule has 1 fully saturated rings. The number of amidine groups is 1. The van der Waals surface area contributed by atoms with Crippen molar-refractivity contribution in [3.63, 3.8) is 0 Å². The molecule has 1 saturated heterocycles. The van der Waals surface area contributed by atoms with E-state index in [1.807, 2.05) is 12.5 Å². The highest BCUT2D eigenvalue weighted by atomic mass is 32.2. The van der Waals surface area contributed by atoms with Crippen molar-refractivity contribution in [2.24, 2.45) is 12.0 Å². The number of carbonyl (C=O) groups is 2. The predicted octanol–water partition coefficient (Wildman–Crippen LogP) is 4.47. The molecule has 2 N–H and O–H groups in total. The molecule has 0 radical (unpaired) electrons. The molecule has 3 heterocycles. The first kappa shape index (κ1) is 25.3. The van der Waals surface area contributed by atoms with E-state index < -0.39 is 0 Å². The second kappa shape index (κ2) is 10.0. The first-order valence-corrected chi connectivity index (χ1v) is 12.9.